The molecule has 3 nitrogen and oxygen atoms in total. The Bertz CT molecular complexity index is 1220. The molecule has 3 heteroatoms. The van der Waals surface area contributed by atoms with Gasteiger partial charge in [-0.25, -0.2) is 9.97 Å². The summed E-state index contributed by atoms with van der Waals surface area (Å²) < 4.78 is 2.21. The fourth-order valence-corrected chi connectivity index (χ4v) is 4.04. The van der Waals surface area contributed by atoms with E-state index in [9.17, 15) is 0 Å². The van der Waals surface area contributed by atoms with Crippen LogP contribution in [0, 0.1) is 5.41 Å². The molecule has 0 N–H and O–H groups in total. The van der Waals surface area contributed by atoms with Crippen molar-refractivity contribution in [1.29, 1.82) is 0 Å². The van der Waals surface area contributed by atoms with Crippen LogP contribution in [0.15, 0.2) is 55.9 Å². The van der Waals surface area contributed by atoms with E-state index in [4.69, 9.17) is 0 Å². The molecule has 0 radical (unpaired) electrons. The predicted molar refractivity (Wildman–Crippen MR) is 116 cm³/mol. The molecule has 0 bridgehead atoms. The van der Waals surface area contributed by atoms with Gasteiger partial charge in [-0.3, -0.25) is 0 Å². The highest BCUT2D eigenvalue weighted by atomic mass is 15.0. The zero-order chi connectivity index (χ0) is 19.3. The van der Waals surface area contributed by atoms with Crippen LogP contribution < -0.4 is 0 Å². The van der Waals surface area contributed by atoms with E-state index < -0.39 is 0 Å². The number of fused-ring (bicyclic) bond motifs is 5. The second-order valence-corrected chi connectivity index (χ2v) is 8.43. The van der Waals surface area contributed by atoms with Gasteiger partial charge in [0, 0.05) is 12.4 Å². The molecule has 2 aromatic heterocycles. The van der Waals surface area contributed by atoms with Crippen LogP contribution >= 0.6 is 0 Å². The van der Waals surface area contributed by atoms with E-state index in [-0.39, 0.29) is 5.41 Å². The summed E-state index contributed by atoms with van der Waals surface area (Å²) in [6, 6.07) is 10.9. The number of benzene rings is 2. The Balaban J connectivity index is 2.28. The first-order chi connectivity index (χ1) is 12.8. The van der Waals surface area contributed by atoms with Crippen LogP contribution in [0.3, 0.4) is 0 Å². The highest BCUT2D eigenvalue weighted by molar-refractivity contribution is 6.23. The predicted octanol–water partition coefficient (Wildman–Crippen LogP) is 6.06. The van der Waals surface area contributed by atoms with Gasteiger partial charge in [-0.15, -0.1) is 0 Å². The summed E-state index contributed by atoms with van der Waals surface area (Å²) in [5.74, 6) is 0. The summed E-state index contributed by atoms with van der Waals surface area (Å²) >= 11 is 0. The Morgan fingerprint density at radius 2 is 1.89 bits per heavy atom. The molecule has 0 aliphatic heterocycles. The average Bonchev–Trinajstić information content (AvgIpc) is 2.94. The molecule has 0 amide bonds. The van der Waals surface area contributed by atoms with E-state index in [0.29, 0.717) is 0 Å². The molecule has 4 rings (SSSR count). The summed E-state index contributed by atoms with van der Waals surface area (Å²) in [6.07, 6.45) is 4.38. The van der Waals surface area contributed by atoms with Gasteiger partial charge in [0.15, 0.2) is 0 Å². The van der Waals surface area contributed by atoms with Gasteiger partial charge in [-0.2, -0.15) is 0 Å². The molecule has 0 unspecified atom stereocenters. The second kappa shape index (κ2) is 6.05. The third-order valence-corrected chi connectivity index (χ3v) is 5.10. The molecule has 0 saturated carbocycles. The minimum Gasteiger partial charge on any atom is -0.328 e. The standard InChI is InChI=1S/C24H25N3/c1-7-15(2)21-20-19-18-11-9-8-10-16(18)12-17(13-24(3,4)5)22(19)27(6)23(20)26-14-25-21/h7-12,14H,1-2,13H2,3-6H3. The van der Waals surface area contributed by atoms with E-state index in [1.807, 2.05) is 0 Å². The van der Waals surface area contributed by atoms with Gasteiger partial charge in [0.05, 0.1) is 16.6 Å². The molecule has 2 heterocycles. The normalized spacial score (nSPS) is 12.1. The molecule has 27 heavy (non-hydrogen) atoms. The lowest BCUT2D eigenvalue weighted by Gasteiger charge is -2.20. The lowest BCUT2D eigenvalue weighted by Crippen LogP contribution is -2.10. The monoisotopic (exact) mass is 355 g/mol. The van der Waals surface area contributed by atoms with Gasteiger partial charge in [0.1, 0.15) is 12.0 Å². The SMILES string of the molecule is C=CC(=C)c1ncnc2c1c1c3ccccc3cc(CC(C)(C)C)c1n2C. The quantitative estimate of drug-likeness (QED) is 0.418. The van der Waals surface area contributed by atoms with Crippen molar-refractivity contribution in [2.45, 2.75) is 27.2 Å². The van der Waals surface area contributed by atoms with Crippen molar-refractivity contribution in [3.8, 4) is 0 Å². The molecule has 136 valence electrons. The molecule has 0 atom stereocenters. The van der Waals surface area contributed by atoms with Gasteiger partial charge in [-0.1, -0.05) is 64.3 Å². The maximum absolute atomic E-state index is 4.62. The van der Waals surface area contributed by atoms with Crippen molar-refractivity contribution in [2.24, 2.45) is 12.5 Å². The fraction of sp³-hybridized carbons (Fsp3) is 0.250. The van der Waals surface area contributed by atoms with Gasteiger partial charge < -0.3 is 4.57 Å². The minimum atomic E-state index is 0.186. The molecule has 0 spiro atoms. The topological polar surface area (TPSA) is 30.7 Å². The van der Waals surface area contributed by atoms with Crippen LogP contribution in [-0.2, 0) is 13.5 Å². The van der Waals surface area contributed by atoms with Crippen LogP contribution in [0.25, 0.3) is 38.3 Å². The summed E-state index contributed by atoms with van der Waals surface area (Å²) in [7, 11) is 2.10. The molecule has 0 aliphatic carbocycles. The van der Waals surface area contributed by atoms with Crippen molar-refractivity contribution in [3.63, 3.8) is 0 Å². The number of rotatable bonds is 3. The minimum absolute atomic E-state index is 0.186. The largest absolute Gasteiger partial charge is 0.328 e. The Hall–Kier alpha value is -2.94. The fourth-order valence-electron chi connectivity index (χ4n) is 4.04. The smallest absolute Gasteiger partial charge is 0.144 e. The molecule has 0 fully saturated rings. The number of hydrogen-bond donors (Lipinski definition) is 0. The van der Waals surface area contributed by atoms with E-state index in [1.165, 1.54) is 27.2 Å². The molecular weight excluding hydrogens is 330 g/mol. The maximum Gasteiger partial charge on any atom is 0.144 e. The van der Waals surface area contributed by atoms with Crippen LogP contribution in [0.1, 0.15) is 32.0 Å². The first-order valence-electron chi connectivity index (χ1n) is 9.27. The van der Waals surface area contributed by atoms with E-state index in [1.54, 1.807) is 12.4 Å². The van der Waals surface area contributed by atoms with Gasteiger partial charge in [0.25, 0.3) is 0 Å². The molecule has 0 saturated heterocycles. The third kappa shape index (κ3) is 2.74. The van der Waals surface area contributed by atoms with E-state index in [2.05, 4.69) is 85.8 Å². The summed E-state index contributed by atoms with van der Waals surface area (Å²) in [5, 5.41) is 4.75. The van der Waals surface area contributed by atoms with Crippen LogP contribution in [0.5, 0.6) is 0 Å². The maximum atomic E-state index is 4.62. The highest BCUT2D eigenvalue weighted by Crippen LogP contribution is 2.39. The number of aryl methyl sites for hydroxylation is 1. The van der Waals surface area contributed by atoms with E-state index in [0.717, 1.165) is 28.7 Å². The average molecular weight is 355 g/mol. The zero-order valence-electron chi connectivity index (χ0n) is 16.5. The van der Waals surface area contributed by atoms with Crippen molar-refractivity contribution >= 4 is 38.3 Å². The summed E-state index contributed by atoms with van der Waals surface area (Å²) in [6.45, 7) is 14.9. The molecular formula is C24H25N3. The van der Waals surface area contributed by atoms with Crippen LogP contribution in [0.2, 0.25) is 0 Å². The second-order valence-electron chi connectivity index (χ2n) is 8.43. The molecule has 4 aromatic rings. The first-order valence-corrected chi connectivity index (χ1v) is 9.27. The Kier molecular flexibility index (Phi) is 3.92. The first kappa shape index (κ1) is 17.5. The van der Waals surface area contributed by atoms with Gasteiger partial charge in [0.2, 0.25) is 0 Å². The number of allylic oxidation sites excluding steroid dienone is 2. The van der Waals surface area contributed by atoms with Gasteiger partial charge in [-0.05, 0) is 39.8 Å². The Morgan fingerprint density at radius 3 is 2.59 bits per heavy atom. The summed E-state index contributed by atoms with van der Waals surface area (Å²) in [5.41, 5.74) is 5.37. The Morgan fingerprint density at radius 1 is 1.15 bits per heavy atom. The van der Waals surface area contributed by atoms with E-state index >= 15 is 0 Å². The lowest BCUT2D eigenvalue weighted by molar-refractivity contribution is 0.412. The third-order valence-electron chi connectivity index (χ3n) is 5.10. The highest BCUT2D eigenvalue weighted by Gasteiger charge is 2.22. The van der Waals surface area contributed by atoms with Crippen molar-refractivity contribution in [1.82, 2.24) is 14.5 Å². The number of hydrogen-bond acceptors (Lipinski definition) is 2. The lowest BCUT2D eigenvalue weighted by atomic mass is 9.86. The van der Waals surface area contributed by atoms with Crippen LogP contribution in [0.4, 0.5) is 0 Å². The Labute approximate surface area is 160 Å². The molecule has 0 aliphatic rings. The number of aromatic nitrogens is 3. The van der Waals surface area contributed by atoms with Gasteiger partial charge >= 0.3 is 0 Å². The van der Waals surface area contributed by atoms with Crippen molar-refractivity contribution in [2.75, 3.05) is 0 Å². The van der Waals surface area contributed by atoms with Crippen molar-refractivity contribution < 1.29 is 0 Å². The van der Waals surface area contributed by atoms with Crippen LogP contribution in [-0.4, -0.2) is 14.5 Å². The summed E-state index contributed by atoms with van der Waals surface area (Å²) in [4.78, 5) is 9.17. The number of nitrogens with zero attached hydrogens (tertiary/aromatic N) is 3. The molecule has 2 aromatic carbocycles. The van der Waals surface area contributed by atoms with Crippen molar-refractivity contribution in [3.05, 3.63) is 67.2 Å². The zero-order valence-corrected chi connectivity index (χ0v) is 16.5.